The van der Waals surface area contributed by atoms with Crippen molar-refractivity contribution in [3.05, 3.63) is 18.2 Å². The minimum atomic E-state index is 0.0516. The Balaban J connectivity index is 2.89. The van der Waals surface area contributed by atoms with E-state index in [0.717, 1.165) is 12.2 Å². The van der Waals surface area contributed by atoms with Crippen LogP contribution in [0.2, 0.25) is 0 Å². The highest BCUT2D eigenvalue weighted by molar-refractivity contribution is 8.00. The van der Waals surface area contributed by atoms with E-state index in [2.05, 4.69) is 29.7 Å². The molecule has 1 aromatic heterocycles. The van der Waals surface area contributed by atoms with E-state index in [9.17, 15) is 0 Å². The molecule has 0 spiro atoms. The first-order valence-corrected chi connectivity index (χ1v) is 7.11. The number of nitrogens with two attached hydrogens (primary N) is 1. The fourth-order valence-electron chi connectivity index (χ4n) is 1.98. The van der Waals surface area contributed by atoms with Gasteiger partial charge in [0.1, 0.15) is 0 Å². The van der Waals surface area contributed by atoms with E-state index in [1.54, 1.807) is 0 Å². The summed E-state index contributed by atoms with van der Waals surface area (Å²) >= 11 is 1.95. The Morgan fingerprint density at radius 3 is 2.56 bits per heavy atom. The number of imidazole rings is 1. The first-order chi connectivity index (χ1) is 7.58. The Morgan fingerprint density at radius 1 is 1.50 bits per heavy atom. The quantitative estimate of drug-likeness (QED) is 0.833. The molecule has 0 aliphatic heterocycles. The van der Waals surface area contributed by atoms with E-state index >= 15 is 0 Å². The third-order valence-corrected chi connectivity index (χ3v) is 4.96. The maximum absolute atomic E-state index is 5.93. The van der Waals surface area contributed by atoms with Gasteiger partial charge in [0.15, 0.2) is 0 Å². The summed E-state index contributed by atoms with van der Waals surface area (Å²) in [6.45, 7) is 7.51. The van der Waals surface area contributed by atoms with Gasteiger partial charge in [-0.25, -0.2) is 4.98 Å². The lowest BCUT2D eigenvalue weighted by atomic mass is 10.0. The molecular weight excluding hydrogens is 218 g/mol. The zero-order chi connectivity index (χ0) is 12.2. The van der Waals surface area contributed by atoms with E-state index in [0.29, 0.717) is 4.75 Å². The third-order valence-electron chi connectivity index (χ3n) is 3.39. The first kappa shape index (κ1) is 13.6. The van der Waals surface area contributed by atoms with Crippen LogP contribution < -0.4 is 5.73 Å². The second kappa shape index (κ2) is 5.73. The standard InChI is InChI=1S/C12H23N3S/c1-5-12(6-2,16-4)8-15-9-14-7-11(15)10(3)13/h7,9-10H,5-6,8,13H2,1-4H3. The van der Waals surface area contributed by atoms with Gasteiger partial charge >= 0.3 is 0 Å². The maximum atomic E-state index is 5.93. The Bertz CT molecular complexity index is 308. The van der Waals surface area contributed by atoms with Gasteiger partial charge in [0, 0.05) is 23.5 Å². The van der Waals surface area contributed by atoms with E-state index in [4.69, 9.17) is 5.73 Å². The summed E-state index contributed by atoms with van der Waals surface area (Å²) in [5, 5.41) is 0. The van der Waals surface area contributed by atoms with Crippen molar-refractivity contribution in [3.8, 4) is 0 Å². The molecule has 1 heterocycles. The molecule has 3 nitrogen and oxygen atoms in total. The van der Waals surface area contributed by atoms with Gasteiger partial charge in [-0.15, -0.1) is 0 Å². The van der Waals surface area contributed by atoms with Gasteiger partial charge in [-0.1, -0.05) is 13.8 Å². The normalized spacial score (nSPS) is 14.1. The first-order valence-electron chi connectivity index (χ1n) is 5.89. The van der Waals surface area contributed by atoms with Gasteiger partial charge in [0.25, 0.3) is 0 Å². The highest BCUT2D eigenvalue weighted by Gasteiger charge is 2.26. The maximum Gasteiger partial charge on any atom is 0.0949 e. The summed E-state index contributed by atoms with van der Waals surface area (Å²) in [5.74, 6) is 0. The molecule has 0 aliphatic carbocycles. The van der Waals surface area contributed by atoms with Crippen LogP contribution in [-0.2, 0) is 6.54 Å². The van der Waals surface area contributed by atoms with Crippen molar-refractivity contribution in [2.24, 2.45) is 5.73 Å². The molecule has 0 radical (unpaired) electrons. The van der Waals surface area contributed by atoms with E-state index in [1.165, 1.54) is 12.8 Å². The molecule has 0 bridgehead atoms. The lowest BCUT2D eigenvalue weighted by Gasteiger charge is -2.31. The summed E-state index contributed by atoms with van der Waals surface area (Å²) in [4.78, 5) is 4.20. The van der Waals surface area contributed by atoms with E-state index < -0.39 is 0 Å². The number of rotatable bonds is 6. The van der Waals surface area contributed by atoms with Crippen molar-refractivity contribution in [1.29, 1.82) is 0 Å². The van der Waals surface area contributed by atoms with Crippen molar-refractivity contribution < 1.29 is 0 Å². The summed E-state index contributed by atoms with van der Waals surface area (Å²) in [6, 6.07) is 0.0516. The molecule has 0 fully saturated rings. The second-order valence-electron chi connectivity index (χ2n) is 4.33. The van der Waals surface area contributed by atoms with Crippen molar-refractivity contribution in [3.63, 3.8) is 0 Å². The van der Waals surface area contributed by atoms with Crippen LogP contribution in [0.3, 0.4) is 0 Å². The van der Waals surface area contributed by atoms with Crippen molar-refractivity contribution in [2.45, 2.75) is 50.9 Å². The average Bonchev–Trinajstić information content (AvgIpc) is 2.74. The Kier molecular flexibility index (Phi) is 4.87. The third kappa shape index (κ3) is 2.80. The largest absolute Gasteiger partial charge is 0.332 e. The SMILES string of the molecule is CCC(CC)(Cn1cncc1C(C)N)SC. The fourth-order valence-corrected chi connectivity index (χ4v) is 2.83. The van der Waals surface area contributed by atoms with Gasteiger partial charge in [-0.3, -0.25) is 0 Å². The highest BCUT2D eigenvalue weighted by Crippen LogP contribution is 2.32. The Morgan fingerprint density at radius 2 is 2.12 bits per heavy atom. The van der Waals surface area contributed by atoms with Crippen LogP contribution in [0.1, 0.15) is 45.3 Å². The minimum Gasteiger partial charge on any atom is -0.332 e. The lowest BCUT2D eigenvalue weighted by molar-refractivity contribution is 0.452. The zero-order valence-corrected chi connectivity index (χ0v) is 11.5. The monoisotopic (exact) mass is 241 g/mol. The second-order valence-corrected chi connectivity index (χ2v) is 5.60. The number of aromatic nitrogens is 2. The topological polar surface area (TPSA) is 43.8 Å². The van der Waals surface area contributed by atoms with E-state index in [-0.39, 0.29) is 6.04 Å². The van der Waals surface area contributed by atoms with Gasteiger partial charge in [0.2, 0.25) is 0 Å². The minimum absolute atomic E-state index is 0.0516. The summed E-state index contributed by atoms with van der Waals surface area (Å²) in [6.07, 6.45) is 8.30. The summed E-state index contributed by atoms with van der Waals surface area (Å²) in [5.41, 5.74) is 7.06. The lowest BCUT2D eigenvalue weighted by Crippen LogP contribution is -2.30. The van der Waals surface area contributed by atoms with Crippen molar-refractivity contribution in [1.82, 2.24) is 9.55 Å². The van der Waals surface area contributed by atoms with Crippen LogP contribution in [0, 0.1) is 0 Å². The van der Waals surface area contributed by atoms with Crippen LogP contribution in [0.25, 0.3) is 0 Å². The number of thioether (sulfide) groups is 1. The molecule has 0 saturated heterocycles. The van der Waals surface area contributed by atoms with Crippen LogP contribution in [0.15, 0.2) is 12.5 Å². The smallest absolute Gasteiger partial charge is 0.0949 e. The molecule has 92 valence electrons. The molecule has 0 aromatic carbocycles. The predicted molar refractivity (Wildman–Crippen MR) is 71.7 cm³/mol. The number of hydrogen-bond donors (Lipinski definition) is 1. The molecule has 1 atom stereocenters. The molecule has 2 N–H and O–H groups in total. The molecule has 4 heteroatoms. The van der Waals surface area contributed by atoms with Crippen LogP contribution in [0.5, 0.6) is 0 Å². The Labute approximate surface area is 103 Å². The van der Waals surface area contributed by atoms with Gasteiger partial charge in [0.05, 0.1) is 12.0 Å². The molecule has 0 amide bonds. The Hall–Kier alpha value is -0.480. The van der Waals surface area contributed by atoms with Crippen LogP contribution >= 0.6 is 11.8 Å². The molecule has 0 aliphatic rings. The molecule has 0 saturated carbocycles. The van der Waals surface area contributed by atoms with Gasteiger partial charge < -0.3 is 10.3 Å². The number of hydrogen-bond acceptors (Lipinski definition) is 3. The summed E-state index contributed by atoms with van der Waals surface area (Å²) in [7, 11) is 0. The molecule has 1 unspecified atom stereocenters. The molecule has 1 rings (SSSR count). The van der Waals surface area contributed by atoms with Crippen molar-refractivity contribution >= 4 is 11.8 Å². The predicted octanol–water partition coefficient (Wildman–Crippen LogP) is 2.82. The zero-order valence-electron chi connectivity index (χ0n) is 10.7. The number of nitrogens with zero attached hydrogens (tertiary/aromatic N) is 2. The molecule has 1 aromatic rings. The van der Waals surface area contributed by atoms with Gasteiger partial charge in [-0.05, 0) is 26.0 Å². The van der Waals surface area contributed by atoms with Crippen LogP contribution in [-0.4, -0.2) is 20.6 Å². The summed E-state index contributed by atoms with van der Waals surface area (Å²) < 4.78 is 2.51. The average molecular weight is 241 g/mol. The van der Waals surface area contributed by atoms with Crippen LogP contribution in [0.4, 0.5) is 0 Å². The molecule has 16 heavy (non-hydrogen) atoms. The van der Waals surface area contributed by atoms with E-state index in [1.807, 2.05) is 31.2 Å². The molecular formula is C12H23N3S. The van der Waals surface area contributed by atoms with Crippen molar-refractivity contribution in [2.75, 3.05) is 6.26 Å². The highest BCUT2D eigenvalue weighted by atomic mass is 32.2. The fraction of sp³-hybridized carbons (Fsp3) is 0.750. The van der Waals surface area contributed by atoms with Gasteiger partial charge in [-0.2, -0.15) is 11.8 Å².